The summed E-state index contributed by atoms with van der Waals surface area (Å²) in [4.78, 5) is 0. The summed E-state index contributed by atoms with van der Waals surface area (Å²) in [5.74, 6) is 0.922. The summed E-state index contributed by atoms with van der Waals surface area (Å²) in [6.07, 6.45) is 1.06. The van der Waals surface area contributed by atoms with Crippen molar-refractivity contribution in [3.63, 3.8) is 0 Å². The zero-order valence-electron chi connectivity index (χ0n) is 9.91. The molecule has 4 nitrogen and oxygen atoms in total. The molecule has 0 fully saturated rings. The molecule has 0 unspecified atom stereocenters. The molecule has 6 heteroatoms. The fourth-order valence-electron chi connectivity index (χ4n) is 1.47. The average Bonchev–Trinajstić information content (AvgIpc) is 2.82. The maximum atomic E-state index is 6.09. The highest BCUT2D eigenvalue weighted by Crippen LogP contribution is 2.32. The Morgan fingerprint density at radius 2 is 2.11 bits per heavy atom. The summed E-state index contributed by atoms with van der Waals surface area (Å²) in [6.45, 7) is 3.56. The molecule has 0 saturated carbocycles. The quantitative estimate of drug-likeness (QED) is 0.854. The summed E-state index contributed by atoms with van der Waals surface area (Å²) in [7, 11) is 0. The van der Waals surface area contributed by atoms with Gasteiger partial charge in [0.25, 0.3) is 0 Å². The Morgan fingerprint density at radius 1 is 1.28 bits per heavy atom. The van der Waals surface area contributed by atoms with Gasteiger partial charge in [-0.15, -0.1) is 10.2 Å². The molecule has 2 aromatic rings. The van der Waals surface area contributed by atoms with Crippen LogP contribution in [0.2, 0.25) is 10.0 Å². The molecule has 0 radical (unpaired) electrons. The monoisotopic (exact) mass is 285 g/mol. The van der Waals surface area contributed by atoms with E-state index in [0.717, 1.165) is 13.0 Å². The van der Waals surface area contributed by atoms with E-state index in [-0.39, 0.29) is 0 Å². The summed E-state index contributed by atoms with van der Waals surface area (Å²) < 4.78 is 5.52. The van der Waals surface area contributed by atoms with Gasteiger partial charge < -0.3 is 9.73 Å². The minimum atomic E-state index is 0.385. The van der Waals surface area contributed by atoms with E-state index in [1.807, 2.05) is 0 Å². The Labute approximate surface area is 115 Å². The van der Waals surface area contributed by atoms with Crippen LogP contribution in [-0.4, -0.2) is 16.7 Å². The SMILES string of the molecule is CCCNCc1nnc(-c2cccc(Cl)c2Cl)o1. The molecule has 0 aliphatic heterocycles. The zero-order chi connectivity index (χ0) is 13.0. The molecular weight excluding hydrogens is 273 g/mol. The van der Waals surface area contributed by atoms with Crippen LogP contribution in [0, 0.1) is 0 Å². The number of hydrogen-bond acceptors (Lipinski definition) is 4. The normalized spacial score (nSPS) is 10.8. The highest BCUT2D eigenvalue weighted by molar-refractivity contribution is 6.43. The van der Waals surface area contributed by atoms with Gasteiger partial charge in [0.05, 0.1) is 22.2 Å². The van der Waals surface area contributed by atoms with Crippen molar-refractivity contribution in [3.8, 4) is 11.5 Å². The van der Waals surface area contributed by atoms with Crippen LogP contribution in [0.15, 0.2) is 22.6 Å². The minimum Gasteiger partial charge on any atom is -0.419 e. The molecule has 0 bridgehead atoms. The molecule has 18 heavy (non-hydrogen) atoms. The van der Waals surface area contributed by atoms with Crippen molar-refractivity contribution in [2.24, 2.45) is 0 Å². The van der Waals surface area contributed by atoms with Gasteiger partial charge >= 0.3 is 0 Å². The zero-order valence-corrected chi connectivity index (χ0v) is 11.4. The minimum absolute atomic E-state index is 0.385. The molecule has 0 saturated heterocycles. The average molecular weight is 286 g/mol. The Balaban J connectivity index is 2.16. The van der Waals surface area contributed by atoms with Crippen molar-refractivity contribution in [1.82, 2.24) is 15.5 Å². The first-order valence-corrected chi connectivity index (χ1v) is 6.45. The van der Waals surface area contributed by atoms with E-state index in [2.05, 4.69) is 22.4 Å². The lowest BCUT2D eigenvalue weighted by Crippen LogP contribution is -2.13. The Bertz CT molecular complexity index is 528. The standard InChI is InChI=1S/C12H13Cl2N3O/c1-2-6-15-7-10-16-17-12(18-10)8-4-3-5-9(13)11(8)14/h3-5,15H,2,6-7H2,1H3. The summed E-state index contributed by atoms with van der Waals surface area (Å²) in [5, 5.41) is 12.0. The maximum Gasteiger partial charge on any atom is 0.249 e. The molecule has 1 N–H and O–H groups in total. The van der Waals surface area contributed by atoms with Gasteiger partial charge in [-0.3, -0.25) is 0 Å². The van der Waals surface area contributed by atoms with E-state index in [1.54, 1.807) is 18.2 Å². The molecule has 0 atom stereocenters. The fourth-order valence-corrected chi connectivity index (χ4v) is 1.86. The van der Waals surface area contributed by atoms with Crippen molar-refractivity contribution < 1.29 is 4.42 Å². The van der Waals surface area contributed by atoms with Crippen LogP contribution in [0.3, 0.4) is 0 Å². The Kier molecular flexibility index (Phi) is 4.58. The van der Waals surface area contributed by atoms with E-state index in [1.165, 1.54) is 0 Å². The maximum absolute atomic E-state index is 6.09. The van der Waals surface area contributed by atoms with E-state index in [4.69, 9.17) is 27.6 Å². The van der Waals surface area contributed by atoms with Crippen molar-refractivity contribution in [3.05, 3.63) is 34.1 Å². The first kappa shape index (κ1) is 13.3. The second-order valence-electron chi connectivity index (χ2n) is 3.78. The third-order valence-electron chi connectivity index (χ3n) is 2.35. The van der Waals surface area contributed by atoms with E-state index in [0.29, 0.717) is 33.9 Å². The van der Waals surface area contributed by atoms with Gasteiger partial charge in [-0.25, -0.2) is 0 Å². The van der Waals surface area contributed by atoms with Gasteiger partial charge in [-0.2, -0.15) is 0 Å². The van der Waals surface area contributed by atoms with E-state index < -0.39 is 0 Å². The Morgan fingerprint density at radius 3 is 2.89 bits per heavy atom. The van der Waals surface area contributed by atoms with Crippen LogP contribution in [0.4, 0.5) is 0 Å². The van der Waals surface area contributed by atoms with Crippen LogP contribution in [0.1, 0.15) is 19.2 Å². The number of hydrogen-bond donors (Lipinski definition) is 1. The molecule has 0 amide bonds. The van der Waals surface area contributed by atoms with E-state index in [9.17, 15) is 0 Å². The number of rotatable bonds is 5. The molecule has 96 valence electrons. The number of halogens is 2. The van der Waals surface area contributed by atoms with E-state index >= 15 is 0 Å². The van der Waals surface area contributed by atoms with Crippen molar-refractivity contribution in [1.29, 1.82) is 0 Å². The lowest BCUT2D eigenvalue weighted by molar-refractivity contribution is 0.477. The van der Waals surface area contributed by atoms with Gasteiger partial charge in [0.2, 0.25) is 11.8 Å². The van der Waals surface area contributed by atoms with Gasteiger partial charge in [-0.05, 0) is 25.1 Å². The van der Waals surface area contributed by atoms with Crippen LogP contribution >= 0.6 is 23.2 Å². The fraction of sp³-hybridized carbons (Fsp3) is 0.333. The predicted molar refractivity (Wildman–Crippen MR) is 71.8 cm³/mol. The molecule has 1 aromatic carbocycles. The topological polar surface area (TPSA) is 51.0 Å². The summed E-state index contributed by atoms with van der Waals surface area (Å²) >= 11 is 12.0. The van der Waals surface area contributed by atoms with Crippen LogP contribution < -0.4 is 5.32 Å². The highest BCUT2D eigenvalue weighted by atomic mass is 35.5. The van der Waals surface area contributed by atoms with Crippen molar-refractivity contribution in [2.45, 2.75) is 19.9 Å². The lowest BCUT2D eigenvalue weighted by Gasteiger charge is -2.00. The van der Waals surface area contributed by atoms with Gasteiger partial charge in [0, 0.05) is 0 Å². The molecular formula is C12H13Cl2N3O. The summed E-state index contributed by atoms with van der Waals surface area (Å²) in [5.41, 5.74) is 0.651. The van der Waals surface area contributed by atoms with Gasteiger partial charge in [-0.1, -0.05) is 36.2 Å². The number of nitrogens with one attached hydrogen (secondary N) is 1. The third kappa shape index (κ3) is 3.02. The lowest BCUT2D eigenvalue weighted by atomic mass is 10.2. The second-order valence-corrected chi connectivity index (χ2v) is 4.56. The molecule has 1 heterocycles. The largest absolute Gasteiger partial charge is 0.419 e. The predicted octanol–water partition coefficient (Wildman–Crippen LogP) is 3.54. The first-order valence-electron chi connectivity index (χ1n) is 5.70. The smallest absolute Gasteiger partial charge is 0.249 e. The van der Waals surface area contributed by atoms with Crippen LogP contribution in [-0.2, 0) is 6.54 Å². The Hall–Kier alpha value is -1.10. The third-order valence-corrected chi connectivity index (χ3v) is 3.17. The van der Waals surface area contributed by atoms with Gasteiger partial charge in [0.15, 0.2) is 0 Å². The molecule has 0 aliphatic rings. The molecule has 0 spiro atoms. The number of nitrogens with zero attached hydrogens (tertiary/aromatic N) is 2. The van der Waals surface area contributed by atoms with Crippen LogP contribution in [0.5, 0.6) is 0 Å². The van der Waals surface area contributed by atoms with Gasteiger partial charge in [0.1, 0.15) is 0 Å². The molecule has 0 aliphatic carbocycles. The van der Waals surface area contributed by atoms with Crippen molar-refractivity contribution >= 4 is 23.2 Å². The number of benzene rings is 1. The first-order chi connectivity index (χ1) is 8.72. The van der Waals surface area contributed by atoms with Crippen LogP contribution in [0.25, 0.3) is 11.5 Å². The second kappa shape index (κ2) is 6.18. The number of aromatic nitrogens is 2. The highest BCUT2D eigenvalue weighted by Gasteiger charge is 2.13. The summed E-state index contributed by atoms with van der Waals surface area (Å²) in [6, 6.07) is 5.31. The van der Waals surface area contributed by atoms with Crippen molar-refractivity contribution in [2.75, 3.05) is 6.54 Å². The molecule has 2 rings (SSSR count). The molecule has 1 aromatic heterocycles.